The van der Waals surface area contributed by atoms with Crippen molar-refractivity contribution in [3.63, 3.8) is 0 Å². The number of benzene rings is 1. The molecule has 0 aromatic heterocycles. The Morgan fingerprint density at radius 1 is 1.26 bits per heavy atom. The van der Waals surface area contributed by atoms with E-state index in [2.05, 4.69) is 4.90 Å². The molecule has 3 fully saturated rings. The number of carbonyl (C=O) groups is 4. The van der Waals surface area contributed by atoms with Gasteiger partial charge < -0.3 is 21.4 Å². The molecule has 5 rings (SSSR count). The van der Waals surface area contributed by atoms with Crippen LogP contribution < -0.4 is 5.73 Å². The number of nitrogens with one attached hydrogen (secondary N) is 1. The van der Waals surface area contributed by atoms with Gasteiger partial charge in [0.1, 0.15) is 11.7 Å². The van der Waals surface area contributed by atoms with E-state index in [1.54, 1.807) is 14.1 Å². The number of fused-ring (bicyclic) bond motifs is 3. The van der Waals surface area contributed by atoms with Crippen molar-refractivity contribution in [2.45, 2.75) is 49.8 Å². The van der Waals surface area contributed by atoms with Gasteiger partial charge in [-0.2, -0.15) is 0 Å². The number of aromatic hydroxyl groups is 1. The number of carbonyl (C=O) groups excluding carboxylic acids is 4. The molecule has 204 valence electrons. The van der Waals surface area contributed by atoms with Crippen LogP contribution in [0.1, 0.15) is 53.2 Å². The largest absolute Gasteiger partial charge is 0.507 e. The molecule has 38 heavy (non-hydrogen) atoms. The first kappa shape index (κ1) is 26.9. The lowest BCUT2D eigenvalue weighted by Crippen LogP contribution is -2.73. The van der Waals surface area contributed by atoms with E-state index in [9.17, 15) is 29.4 Å². The molecule has 11 heteroatoms. The van der Waals surface area contributed by atoms with Gasteiger partial charge in [0.25, 0.3) is 0 Å². The molecule has 2 saturated carbocycles. The second-order valence-electron chi connectivity index (χ2n) is 11.5. The van der Waals surface area contributed by atoms with Gasteiger partial charge in [-0.15, -0.1) is 0 Å². The summed E-state index contributed by atoms with van der Waals surface area (Å²) in [5, 5.41) is 31.7. The normalized spacial score (nSPS) is 35.6. The number of primary amides is 1. The summed E-state index contributed by atoms with van der Waals surface area (Å²) in [6.45, 7) is 0.884. The molecule has 7 atom stereocenters. The van der Waals surface area contributed by atoms with E-state index >= 15 is 0 Å². The van der Waals surface area contributed by atoms with Gasteiger partial charge in [-0.3, -0.25) is 29.0 Å². The van der Waals surface area contributed by atoms with Gasteiger partial charge in [-0.05, 0) is 76.5 Å². The number of nitrogens with two attached hydrogens (primary N) is 1. The van der Waals surface area contributed by atoms with Crippen LogP contribution in [0.3, 0.4) is 0 Å². The minimum atomic E-state index is -2.51. The van der Waals surface area contributed by atoms with E-state index in [1.165, 1.54) is 11.0 Å². The lowest BCUT2D eigenvalue weighted by Gasteiger charge is -2.53. The Labute approximate surface area is 225 Å². The number of phenolic OH excluding ortho intramolecular Hbond substituents is 1. The molecule has 1 heterocycles. The molecule has 0 bridgehead atoms. The van der Waals surface area contributed by atoms with Crippen molar-refractivity contribution < 1.29 is 29.4 Å². The van der Waals surface area contributed by atoms with Crippen molar-refractivity contribution in [2.75, 3.05) is 27.7 Å². The summed E-state index contributed by atoms with van der Waals surface area (Å²) >= 11 is 6.90. The van der Waals surface area contributed by atoms with Crippen LogP contribution in [-0.4, -0.2) is 88.3 Å². The highest BCUT2D eigenvalue weighted by Gasteiger charge is 2.67. The minimum absolute atomic E-state index is 0.0151. The lowest BCUT2D eigenvalue weighted by atomic mass is 9.52. The van der Waals surface area contributed by atoms with E-state index in [1.807, 2.05) is 7.05 Å². The van der Waals surface area contributed by atoms with E-state index in [-0.39, 0.29) is 30.2 Å². The molecule has 10 nitrogen and oxygen atoms in total. The number of phenols is 1. The number of likely N-dealkylation sites (tertiary alicyclic amines) is 1. The van der Waals surface area contributed by atoms with Crippen molar-refractivity contribution in [3.05, 3.63) is 27.8 Å². The third kappa shape index (κ3) is 3.61. The van der Waals surface area contributed by atoms with Crippen LogP contribution in [0.25, 0.3) is 0 Å². The summed E-state index contributed by atoms with van der Waals surface area (Å²) in [6, 6.07) is 0.432. The summed E-state index contributed by atoms with van der Waals surface area (Å²) < 4.78 is 0. The standard InChI is InChI=1S/C27H33ClN4O6/c1-31(2)21-14-9-11-8-13-18(16(33)10-12(20(13)28)15-6-4-5-7-32(15)3)22(34)17(11)25(36)27(14,38)24(29)19(23(21)35)26(30)37/h10-11,14-15,17,19,21,29,33,38H,4-9H2,1-3H3,(H2,30,37). The molecule has 7 unspecified atom stereocenters. The van der Waals surface area contributed by atoms with Gasteiger partial charge in [-0.25, -0.2) is 0 Å². The zero-order chi connectivity index (χ0) is 27.8. The van der Waals surface area contributed by atoms with Gasteiger partial charge in [-0.1, -0.05) is 18.0 Å². The Balaban J connectivity index is 1.61. The Kier molecular flexibility index (Phi) is 6.53. The number of aliphatic hydroxyl groups is 1. The lowest BCUT2D eigenvalue weighted by molar-refractivity contribution is -0.157. The first-order valence-electron chi connectivity index (χ1n) is 13.0. The summed E-state index contributed by atoms with van der Waals surface area (Å²) in [7, 11) is 5.18. The third-order valence-corrected chi connectivity index (χ3v) is 9.66. The summed E-state index contributed by atoms with van der Waals surface area (Å²) in [5.74, 6) is -8.40. The Morgan fingerprint density at radius 3 is 2.55 bits per heavy atom. The maximum Gasteiger partial charge on any atom is 0.233 e. The van der Waals surface area contributed by atoms with E-state index in [0.29, 0.717) is 10.6 Å². The number of likely N-dealkylation sites (N-methyl/N-ethyl adjacent to an activating group) is 1. The average molecular weight is 545 g/mol. The molecule has 5 N–H and O–H groups in total. The van der Waals surface area contributed by atoms with Crippen molar-refractivity contribution in [3.8, 4) is 5.75 Å². The number of nitrogens with zero attached hydrogens (tertiary/aromatic N) is 2. The second-order valence-corrected chi connectivity index (χ2v) is 11.9. The van der Waals surface area contributed by atoms with Gasteiger partial charge in [0.05, 0.1) is 23.2 Å². The number of rotatable bonds is 3. The van der Waals surface area contributed by atoms with E-state index in [4.69, 9.17) is 22.7 Å². The van der Waals surface area contributed by atoms with Gasteiger partial charge in [0.15, 0.2) is 23.0 Å². The average Bonchev–Trinajstić information content (AvgIpc) is 2.83. The van der Waals surface area contributed by atoms with Crippen LogP contribution in [0.4, 0.5) is 0 Å². The fourth-order valence-corrected chi connectivity index (χ4v) is 7.79. The number of halogens is 1. The molecule has 3 aliphatic carbocycles. The fraction of sp³-hybridized carbons (Fsp3) is 0.593. The second kappa shape index (κ2) is 9.22. The zero-order valence-corrected chi connectivity index (χ0v) is 22.4. The number of amides is 1. The Hall–Kier alpha value is -2.66. The molecule has 0 spiro atoms. The Morgan fingerprint density at radius 2 is 1.95 bits per heavy atom. The van der Waals surface area contributed by atoms with Crippen LogP contribution in [0.5, 0.6) is 5.75 Å². The SMILES string of the molecule is CN(C)C1C(=O)C(C(N)=O)C(=N)C2(O)C(=O)C3C(=O)c4c(O)cc(C5CCCCN5C)c(Cl)c4CC3CC12. The molecule has 0 radical (unpaired) electrons. The van der Waals surface area contributed by atoms with Crippen molar-refractivity contribution in [1.82, 2.24) is 9.80 Å². The highest BCUT2D eigenvalue weighted by molar-refractivity contribution is 6.35. The predicted molar refractivity (Wildman–Crippen MR) is 138 cm³/mol. The number of piperidine rings is 1. The molecular weight excluding hydrogens is 512 g/mol. The van der Waals surface area contributed by atoms with Crippen LogP contribution in [0, 0.1) is 29.1 Å². The van der Waals surface area contributed by atoms with Crippen LogP contribution in [0.15, 0.2) is 6.07 Å². The smallest absolute Gasteiger partial charge is 0.233 e. The molecule has 1 saturated heterocycles. The van der Waals surface area contributed by atoms with Gasteiger partial charge in [0, 0.05) is 17.0 Å². The highest BCUT2D eigenvalue weighted by Crippen LogP contribution is 2.52. The van der Waals surface area contributed by atoms with Crippen LogP contribution in [0.2, 0.25) is 5.02 Å². The third-order valence-electron chi connectivity index (χ3n) is 9.21. The van der Waals surface area contributed by atoms with E-state index in [0.717, 1.165) is 31.4 Å². The van der Waals surface area contributed by atoms with Crippen LogP contribution in [-0.2, 0) is 20.8 Å². The quantitative estimate of drug-likeness (QED) is 0.411. The molecule has 1 aromatic carbocycles. The molecule has 4 aliphatic rings. The van der Waals surface area contributed by atoms with Crippen molar-refractivity contribution in [1.29, 1.82) is 5.41 Å². The van der Waals surface area contributed by atoms with E-state index < -0.39 is 64.3 Å². The van der Waals surface area contributed by atoms with Crippen LogP contribution >= 0.6 is 11.6 Å². The Bertz CT molecular complexity index is 1280. The number of hydrogen-bond acceptors (Lipinski definition) is 9. The van der Waals surface area contributed by atoms with Gasteiger partial charge >= 0.3 is 0 Å². The molecule has 1 amide bonds. The highest BCUT2D eigenvalue weighted by atomic mass is 35.5. The maximum absolute atomic E-state index is 13.9. The van der Waals surface area contributed by atoms with Gasteiger partial charge in [0.2, 0.25) is 5.91 Å². The number of hydrogen-bond donors (Lipinski definition) is 4. The maximum atomic E-state index is 13.9. The minimum Gasteiger partial charge on any atom is -0.507 e. The zero-order valence-electron chi connectivity index (χ0n) is 21.7. The number of Topliss-reactive ketones (excluding diaryl/α,β-unsaturated/α-hetero) is 3. The predicted octanol–water partition coefficient (Wildman–Crippen LogP) is 1.13. The fourth-order valence-electron chi connectivity index (χ4n) is 7.44. The monoisotopic (exact) mass is 544 g/mol. The number of ketones is 3. The topological polar surface area (TPSA) is 165 Å². The first-order valence-corrected chi connectivity index (χ1v) is 13.3. The van der Waals surface area contributed by atoms with Crippen molar-refractivity contribution >= 4 is 40.6 Å². The first-order chi connectivity index (χ1) is 17.8. The summed E-state index contributed by atoms with van der Waals surface area (Å²) in [4.78, 5) is 56.8. The molecular formula is C27H33ClN4O6. The van der Waals surface area contributed by atoms with Crippen molar-refractivity contribution in [2.24, 2.45) is 29.4 Å². The summed E-state index contributed by atoms with van der Waals surface area (Å²) in [5.41, 5.74) is 3.30. The molecule has 1 aliphatic heterocycles. The molecule has 1 aromatic rings. The summed E-state index contributed by atoms with van der Waals surface area (Å²) in [6.07, 6.45) is 3.21.